The van der Waals surface area contributed by atoms with E-state index in [2.05, 4.69) is 19.6 Å². The van der Waals surface area contributed by atoms with Crippen LogP contribution in [-0.2, 0) is 4.79 Å². The molecular formula is C23H49NO2. The lowest BCUT2D eigenvalue weighted by molar-refractivity contribution is -0.368. The van der Waals surface area contributed by atoms with Crippen molar-refractivity contribution in [3.8, 4) is 0 Å². The van der Waals surface area contributed by atoms with E-state index >= 15 is 0 Å². The zero-order valence-corrected chi connectivity index (χ0v) is 18.3. The fourth-order valence-electron chi connectivity index (χ4n) is 3.03. The Kier molecular flexibility index (Phi) is 26.0. The van der Waals surface area contributed by atoms with Gasteiger partial charge in [0.1, 0.15) is 0 Å². The number of hydrogen-bond acceptors (Lipinski definition) is 2. The highest BCUT2D eigenvalue weighted by Gasteiger charge is 1.96. The fourth-order valence-corrected chi connectivity index (χ4v) is 3.03. The van der Waals surface area contributed by atoms with Crippen molar-refractivity contribution >= 4 is 5.97 Å². The Morgan fingerprint density at radius 1 is 0.692 bits per heavy atom. The molecule has 0 radical (unpaired) electrons. The van der Waals surface area contributed by atoms with Crippen LogP contribution in [0.1, 0.15) is 130 Å². The number of quaternary nitrogens is 1. The smallest absolute Gasteiger partial charge is 0.0739 e. The van der Waals surface area contributed by atoms with Crippen molar-refractivity contribution in [2.75, 3.05) is 6.54 Å². The molecule has 26 heavy (non-hydrogen) atoms. The average molecular weight is 372 g/mol. The van der Waals surface area contributed by atoms with Gasteiger partial charge in [0.25, 0.3) is 0 Å². The van der Waals surface area contributed by atoms with Crippen molar-refractivity contribution in [3.05, 3.63) is 0 Å². The van der Waals surface area contributed by atoms with Crippen LogP contribution in [0.25, 0.3) is 0 Å². The maximum absolute atomic E-state index is 9.26. The molecule has 0 rings (SSSR count). The fraction of sp³-hybridized carbons (Fsp3) is 0.957. The number of unbranched alkanes of at least 4 members (excludes halogenated alkanes) is 14. The van der Waals surface area contributed by atoms with E-state index in [4.69, 9.17) is 0 Å². The molecule has 0 heterocycles. The number of carbonyl (C=O) groups excluding carboxylic acids is 1. The summed E-state index contributed by atoms with van der Waals surface area (Å²) in [5.74, 6) is -0.0985. The van der Waals surface area contributed by atoms with Gasteiger partial charge in [0.2, 0.25) is 0 Å². The molecule has 158 valence electrons. The minimum atomic E-state index is -0.995. The molecule has 0 aromatic carbocycles. The monoisotopic (exact) mass is 371 g/mol. The van der Waals surface area contributed by atoms with Crippen molar-refractivity contribution in [3.63, 3.8) is 0 Å². The second-order valence-corrected chi connectivity index (χ2v) is 8.06. The Labute approximate surface area is 164 Å². The molecule has 0 saturated carbocycles. The molecule has 0 aliphatic rings. The van der Waals surface area contributed by atoms with Gasteiger partial charge in [-0.25, -0.2) is 0 Å². The number of hydrogen-bond donors (Lipinski definition) is 1. The van der Waals surface area contributed by atoms with E-state index < -0.39 is 5.97 Å². The molecule has 0 saturated heterocycles. The summed E-state index contributed by atoms with van der Waals surface area (Å²) in [5, 5.41) is 9.26. The lowest BCUT2D eigenvalue weighted by atomic mass is 10.0. The van der Waals surface area contributed by atoms with Gasteiger partial charge in [-0.1, -0.05) is 111 Å². The van der Waals surface area contributed by atoms with Crippen LogP contribution in [0.4, 0.5) is 0 Å². The number of carbonyl (C=O) groups is 1. The van der Waals surface area contributed by atoms with E-state index in [0.29, 0.717) is 0 Å². The minimum Gasteiger partial charge on any atom is -0.550 e. The SMILES string of the molecule is CC(C)CCCCCCCCCCCCCCCCC[NH3+].CCC(=O)[O-]. The van der Waals surface area contributed by atoms with E-state index in [1.54, 1.807) is 0 Å². The van der Waals surface area contributed by atoms with Gasteiger partial charge >= 0.3 is 0 Å². The predicted octanol–water partition coefficient (Wildman–Crippen LogP) is 5.27. The standard InChI is InChI=1S/C20H43N.C3H6O2/c1-20(2)18-16-14-12-10-8-6-4-3-5-7-9-11-13-15-17-19-21;1-2-3(4)5/h20H,3-19,21H2,1-2H3;2H2,1H3,(H,4,5). The number of carboxylic acids is 1. The first-order valence-corrected chi connectivity index (χ1v) is 11.5. The van der Waals surface area contributed by atoms with Gasteiger partial charge in [-0.05, 0) is 25.2 Å². The van der Waals surface area contributed by atoms with Crippen molar-refractivity contribution in [1.29, 1.82) is 0 Å². The third kappa shape index (κ3) is 31.2. The Bertz CT molecular complexity index is 267. The van der Waals surface area contributed by atoms with Crippen LogP contribution in [0.3, 0.4) is 0 Å². The molecular weight excluding hydrogens is 322 g/mol. The maximum Gasteiger partial charge on any atom is 0.0739 e. The van der Waals surface area contributed by atoms with Crippen LogP contribution < -0.4 is 10.8 Å². The van der Waals surface area contributed by atoms with Gasteiger partial charge in [0.15, 0.2) is 0 Å². The van der Waals surface area contributed by atoms with E-state index in [1.165, 1.54) is 110 Å². The number of rotatable bonds is 18. The van der Waals surface area contributed by atoms with Gasteiger partial charge in [-0.2, -0.15) is 0 Å². The predicted molar refractivity (Wildman–Crippen MR) is 112 cm³/mol. The molecule has 0 aromatic rings. The Hall–Kier alpha value is -0.570. The molecule has 0 aliphatic heterocycles. The summed E-state index contributed by atoms with van der Waals surface area (Å²) in [6, 6.07) is 0. The summed E-state index contributed by atoms with van der Waals surface area (Å²) in [7, 11) is 0. The van der Waals surface area contributed by atoms with Gasteiger partial charge in [0, 0.05) is 5.97 Å². The third-order valence-electron chi connectivity index (χ3n) is 4.82. The summed E-state index contributed by atoms with van der Waals surface area (Å²) < 4.78 is 0. The molecule has 0 spiro atoms. The van der Waals surface area contributed by atoms with Crippen molar-refractivity contribution in [2.45, 2.75) is 130 Å². The number of carboxylic acid groups (broad SMARTS) is 1. The highest BCUT2D eigenvalue weighted by Crippen LogP contribution is 2.14. The normalized spacial score (nSPS) is 10.7. The summed E-state index contributed by atoms with van der Waals surface area (Å²) in [6.07, 6.45) is 23.4. The number of aliphatic carboxylic acids is 1. The Morgan fingerprint density at radius 2 is 0.962 bits per heavy atom. The molecule has 0 atom stereocenters. The highest BCUT2D eigenvalue weighted by molar-refractivity contribution is 5.63. The van der Waals surface area contributed by atoms with Gasteiger partial charge in [-0.15, -0.1) is 0 Å². The first-order chi connectivity index (χ1) is 12.5. The first-order valence-electron chi connectivity index (χ1n) is 11.5. The lowest BCUT2D eigenvalue weighted by Gasteiger charge is -2.05. The second kappa shape index (κ2) is 24.4. The lowest BCUT2D eigenvalue weighted by Crippen LogP contribution is -2.50. The van der Waals surface area contributed by atoms with E-state index in [0.717, 1.165) is 12.5 Å². The minimum absolute atomic E-state index is 0.111. The largest absolute Gasteiger partial charge is 0.550 e. The zero-order chi connectivity index (χ0) is 19.9. The van der Waals surface area contributed by atoms with Gasteiger partial charge in [-0.3, -0.25) is 0 Å². The highest BCUT2D eigenvalue weighted by atomic mass is 16.4. The van der Waals surface area contributed by atoms with Crippen molar-refractivity contribution < 1.29 is 15.6 Å². The first kappa shape index (κ1) is 27.6. The van der Waals surface area contributed by atoms with Crippen molar-refractivity contribution in [1.82, 2.24) is 0 Å². The third-order valence-corrected chi connectivity index (χ3v) is 4.82. The Balaban J connectivity index is 0. The average Bonchev–Trinajstić information content (AvgIpc) is 2.61. The quantitative estimate of drug-likeness (QED) is 0.333. The van der Waals surface area contributed by atoms with Crippen LogP contribution in [0.15, 0.2) is 0 Å². The molecule has 0 bridgehead atoms. The van der Waals surface area contributed by atoms with Crippen LogP contribution in [0.2, 0.25) is 0 Å². The molecule has 0 aliphatic carbocycles. The second-order valence-electron chi connectivity index (χ2n) is 8.06. The topological polar surface area (TPSA) is 67.8 Å². The molecule has 0 fully saturated rings. The van der Waals surface area contributed by atoms with Crippen LogP contribution >= 0.6 is 0 Å². The molecule has 3 nitrogen and oxygen atoms in total. The van der Waals surface area contributed by atoms with E-state index in [-0.39, 0.29) is 6.42 Å². The summed E-state index contributed by atoms with van der Waals surface area (Å²) >= 11 is 0. The van der Waals surface area contributed by atoms with Crippen LogP contribution in [-0.4, -0.2) is 12.5 Å². The van der Waals surface area contributed by atoms with E-state index in [9.17, 15) is 9.90 Å². The van der Waals surface area contributed by atoms with Crippen molar-refractivity contribution in [2.24, 2.45) is 5.92 Å². The molecule has 3 heteroatoms. The molecule has 0 unspecified atom stereocenters. The Morgan fingerprint density at radius 3 is 1.19 bits per heavy atom. The molecule has 0 aromatic heterocycles. The summed E-state index contributed by atoms with van der Waals surface area (Å²) in [5.41, 5.74) is 3.90. The molecule has 3 N–H and O–H groups in total. The van der Waals surface area contributed by atoms with E-state index in [1.807, 2.05) is 0 Å². The van der Waals surface area contributed by atoms with Gasteiger partial charge in [0.05, 0.1) is 6.54 Å². The van der Waals surface area contributed by atoms with Crippen LogP contribution in [0.5, 0.6) is 0 Å². The summed E-state index contributed by atoms with van der Waals surface area (Å²) in [6.45, 7) is 7.33. The maximum atomic E-state index is 9.26. The van der Waals surface area contributed by atoms with Crippen LogP contribution in [0, 0.1) is 5.92 Å². The molecule has 0 amide bonds. The summed E-state index contributed by atoms with van der Waals surface area (Å²) in [4.78, 5) is 9.26. The van der Waals surface area contributed by atoms with Gasteiger partial charge < -0.3 is 15.6 Å². The zero-order valence-electron chi connectivity index (χ0n) is 18.3.